The summed E-state index contributed by atoms with van der Waals surface area (Å²) < 4.78 is 11.4. The van der Waals surface area contributed by atoms with Gasteiger partial charge in [0, 0.05) is 17.8 Å². The van der Waals surface area contributed by atoms with Gasteiger partial charge in [-0.25, -0.2) is 0 Å². The smallest absolute Gasteiger partial charge is 0.271 e. The molecule has 1 aliphatic heterocycles. The van der Waals surface area contributed by atoms with Crippen molar-refractivity contribution in [3.05, 3.63) is 58.6 Å². The molecular formula is C16H14N2O5. The lowest BCUT2D eigenvalue weighted by Gasteiger charge is -2.30. The van der Waals surface area contributed by atoms with Crippen molar-refractivity contribution in [3.63, 3.8) is 0 Å². The Morgan fingerprint density at radius 3 is 2.52 bits per heavy atom. The molecule has 1 N–H and O–H groups in total. The zero-order valence-electron chi connectivity index (χ0n) is 12.3. The van der Waals surface area contributed by atoms with Crippen LogP contribution in [0, 0.1) is 10.1 Å². The van der Waals surface area contributed by atoms with Crippen LogP contribution in [0.3, 0.4) is 0 Å². The van der Waals surface area contributed by atoms with Crippen molar-refractivity contribution in [2.75, 3.05) is 5.32 Å². The van der Waals surface area contributed by atoms with Crippen LogP contribution in [0.5, 0.6) is 11.5 Å². The molecule has 0 saturated carbocycles. The number of carbonyl (C=O) groups is 1. The molecule has 2 atom stereocenters. The molecule has 1 amide bonds. The second-order valence-corrected chi connectivity index (χ2v) is 5.10. The van der Waals surface area contributed by atoms with E-state index in [0.29, 0.717) is 17.2 Å². The molecule has 0 aromatic heterocycles. The number of rotatable bonds is 3. The molecule has 7 heteroatoms. The highest BCUT2D eigenvalue weighted by Gasteiger charge is 2.34. The molecule has 1 aliphatic rings. The molecule has 0 bridgehead atoms. The minimum atomic E-state index is -0.843. The monoisotopic (exact) mass is 314 g/mol. The summed E-state index contributed by atoms with van der Waals surface area (Å²) in [6, 6.07) is 12.8. The third kappa shape index (κ3) is 3.08. The fraction of sp³-hybridized carbons (Fsp3) is 0.188. The van der Waals surface area contributed by atoms with E-state index in [1.165, 1.54) is 18.2 Å². The summed E-state index contributed by atoms with van der Waals surface area (Å²) in [6.45, 7) is 1.73. The van der Waals surface area contributed by atoms with Crippen molar-refractivity contribution in [2.24, 2.45) is 0 Å². The maximum Gasteiger partial charge on any atom is 0.271 e. The van der Waals surface area contributed by atoms with Crippen molar-refractivity contribution in [1.82, 2.24) is 0 Å². The number of amides is 1. The van der Waals surface area contributed by atoms with Crippen molar-refractivity contribution >= 4 is 17.3 Å². The molecule has 0 fully saturated rings. The molecule has 0 aliphatic carbocycles. The summed E-state index contributed by atoms with van der Waals surface area (Å²) in [5, 5.41) is 13.4. The van der Waals surface area contributed by atoms with E-state index in [1.807, 2.05) is 6.07 Å². The molecule has 1 heterocycles. The number of hydrogen-bond donors (Lipinski definition) is 1. The highest BCUT2D eigenvalue weighted by molar-refractivity contribution is 5.95. The molecular weight excluding hydrogens is 300 g/mol. The number of benzene rings is 2. The predicted octanol–water partition coefficient (Wildman–Crippen LogP) is 2.76. The first-order chi connectivity index (χ1) is 11.0. The van der Waals surface area contributed by atoms with Gasteiger partial charge in [-0.05, 0) is 25.1 Å². The molecule has 118 valence electrons. The zero-order valence-corrected chi connectivity index (χ0v) is 12.3. The summed E-state index contributed by atoms with van der Waals surface area (Å²) >= 11 is 0. The van der Waals surface area contributed by atoms with E-state index in [-0.39, 0.29) is 5.69 Å². The van der Waals surface area contributed by atoms with Gasteiger partial charge >= 0.3 is 0 Å². The van der Waals surface area contributed by atoms with Crippen LogP contribution < -0.4 is 14.8 Å². The third-order valence-electron chi connectivity index (χ3n) is 3.43. The lowest BCUT2D eigenvalue weighted by atomic mass is 10.1. The Morgan fingerprint density at radius 1 is 1.13 bits per heavy atom. The standard InChI is InChI=1S/C16H14N2O5/c1-10-15(23-14-8-3-2-7-13(14)22-10)16(19)17-11-5-4-6-12(9-11)18(20)21/h2-10,15H,1H3,(H,17,19)/t10-,15+/m1/s1. The molecule has 0 saturated heterocycles. The molecule has 7 nitrogen and oxygen atoms in total. The summed E-state index contributed by atoms with van der Waals surface area (Å²) in [6.07, 6.45) is -1.33. The highest BCUT2D eigenvalue weighted by Crippen LogP contribution is 2.33. The third-order valence-corrected chi connectivity index (χ3v) is 3.43. The number of anilines is 1. The Hall–Kier alpha value is -3.09. The number of hydrogen-bond acceptors (Lipinski definition) is 5. The molecule has 23 heavy (non-hydrogen) atoms. The van der Waals surface area contributed by atoms with E-state index < -0.39 is 23.0 Å². The van der Waals surface area contributed by atoms with Crippen molar-refractivity contribution < 1.29 is 19.2 Å². The fourth-order valence-electron chi connectivity index (χ4n) is 2.32. The number of para-hydroxylation sites is 2. The molecule has 0 unspecified atom stereocenters. The summed E-state index contributed by atoms with van der Waals surface area (Å²) in [5.41, 5.74) is 0.237. The maximum atomic E-state index is 12.4. The highest BCUT2D eigenvalue weighted by atomic mass is 16.6. The number of ether oxygens (including phenoxy) is 2. The van der Waals surface area contributed by atoms with Gasteiger partial charge in [0.15, 0.2) is 11.5 Å². The average Bonchev–Trinajstić information content (AvgIpc) is 2.54. The van der Waals surface area contributed by atoms with E-state index >= 15 is 0 Å². The minimum Gasteiger partial charge on any atom is -0.482 e. The van der Waals surface area contributed by atoms with Crippen LogP contribution in [-0.4, -0.2) is 23.0 Å². The summed E-state index contributed by atoms with van der Waals surface area (Å²) in [5.74, 6) is 0.650. The van der Waals surface area contributed by atoms with Crippen molar-refractivity contribution in [3.8, 4) is 11.5 Å². The van der Waals surface area contributed by atoms with Crippen LogP contribution in [0.25, 0.3) is 0 Å². The second kappa shape index (κ2) is 5.96. The lowest BCUT2D eigenvalue weighted by Crippen LogP contribution is -2.46. The van der Waals surface area contributed by atoms with Gasteiger partial charge in [0.05, 0.1) is 4.92 Å². The average molecular weight is 314 g/mol. The van der Waals surface area contributed by atoms with Gasteiger partial charge in [0.2, 0.25) is 6.10 Å². The Kier molecular flexibility index (Phi) is 3.84. The van der Waals surface area contributed by atoms with Gasteiger partial charge in [-0.2, -0.15) is 0 Å². The predicted molar refractivity (Wildman–Crippen MR) is 82.7 cm³/mol. The number of nitrogens with one attached hydrogen (secondary N) is 1. The van der Waals surface area contributed by atoms with Crippen LogP contribution in [0.15, 0.2) is 48.5 Å². The van der Waals surface area contributed by atoms with E-state index in [9.17, 15) is 14.9 Å². The number of nitrogens with zero attached hydrogens (tertiary/aromatic N) is 1. The van der Waals surface area contributed by atoms with Gasteiger partial charge in [-0.1, -0.05) is 18.2 Å². The Morgan fingerprint density at radius 2 is 1.83 bits per heavy atom. The SMILES string of the molecule is C[C@H]1Oc2ccccc2O[C@@H]1C(=O)Nc1cccc([N+](=O)[O-])c1. The van der Waals surface area contributed by atoms with Crippen molar-refractivity contribution in [2.45, 2.75) is 19.1 Å². The first kappa shape index (κ1) is 14.8. The number of non-ortho nitro benzene ring substituents is 1. The Bertz CT molecular complexity index is 762. The lowest BCUT2D eigenvalue weighted by molar-refractivity contribution is -0.384. The minimum absolute atomic E-state index is 0.0954. The second-order valence-electron chi connectivity index (χ2n) is 5.10. The fourth-order valence-corrected chi connectivity index (χ4v) is 2.32. The van der Waals surface area contributed by atoms with Gasteiger partial charge in [-0.15, -0.1) is 0 Å². The maximum absolute atomic E-state index is 12.4. The van der Waals surface area contributed by atoms with Gasteiger partial charge < -0.3 is 14.8 Å². The quantitative estimate of drug-likeness (QED) is 0.695. The number of nitro benzene ring substituents is 1. The van der Waals surface area contributed by atoms with E-state index in [1.54, 1.807) is 31.2 Å². The van der Waals surface area contributed by atoms with Crippen LogP contribution in [0.2, 0.25) is 0 Å². The molecule has 2 aromatic rings. The summed E-state index contributed by atoms with van der Waals surface area (Å²) in [7, 11) is 0. The van der Waals surface area contributed by atoms with Gasteiger partial charge in [-0.3, -0.25) is 14.9 Å². The van der Waals surface area contributed by atoms with Gasteiger partial charge in [0.1, 0.15) is 6.10 Å². The molecule has 0 spiro atoms. The van der Waals surface area contributed by atoms with Crippen LogP contribution >= 0.6 is 0 Å². The normalized spacial score (nSPS) is 19.0. The Labute approximate surface area is 132 Å². The van der Waals surface area contributed by atoms with Crippen LogP contribution in [0.1, 0.15) is 6.92 Å². The molecule has 3 rings (SSSR count). The van der Waals surface area contributed by atoms with Crippen molar-refractivity contribution in [1.29, 1.82) is 0 Å². The topological polar surface area (TPSA) is 90.7 Å². The first-order valence-corrected chi connectivity index (χ1v) is 7.02. The number of fused-ring (bicyclic) bond motifs is 1. The zero-order chi connectivity index (χ0) is 16.4. The molecule has 2 aromatic carbocycles. The van der Waals surface area contributed by atoms with E-state index in [4.69, 9.17) is 9.47 Å². The number of nitro groups is 1. The number of carbonyl (C=O) groups excluding carboxylic acids is 1. The van der Waals surface area contributed by atoms with Crippen LogP contribution in [-0.2, 0) is 4.79 Å². The van der Waals surface area contributed by atoms with E-state index in [0.717, 1.165) is 0 Å². The van der Waals surface area contributed by atoms with Gasteiger partial charge in [0.25, 0.3) is 11.6 Å². The van der Waals surface area contributed by atoms with E-state index in [2.05, 4.69) is 5.32 Å². The summed E-state index contributed by atoms with van der Waals surface area (Å²) in [4.78, 5) is 22.6. The largest absolute Gasteiger partial charge is 0.482 e. The Balaban J connectivity index is 1.76. The molecule has 0 radical (unpaired) electrons. The van der Waals surface area contributed by atoms with Crippen LogP contribution in [0.4, 0.5) is 11.4 Å². The first-order valence-electron chi connectivity index (χ1n) is 7.02.